The molecule has 18 nitrogen and oxygen atoms in total. The number of rotatable bonds is 9. The number of nitrogens with zero attached hydrogens (tertiary/aromatic N) is 18. The summed E-state index contributed by atoms with van der Waals surface area (Å²) in [5.74, 6) is 5.85. The van der Waals surface area contributed by atoms with Gasteiger partial charge in [-0.3, -0.25) is 14.4 Å². The minimum absolute atomic E-state index is 0.363. The Morgan fingerprint density at radius 1 is 0.222 bits per heavy atom. The highest BCUT2D eigenvalue weighted by Gasteiger charge is 2.71. The van der Waals surface area contributed by atoms with Gasteiger partial charge in [0.05, 0.1) is 17.1 Å². The van der Waals surface area contributed by atoms with Crippen LogP contribution in [-0.4, -0.2) is 81.2 Å². The predicted octanol–water partition coefficient (Wildman–Crippen LogP) is 10.7. The molecule has 378 valence electrons. The maximum Gasteiger partial charge on any atom is 0.493 e. The molecule has 0 unspecified atom stereocenters. The van der Waals surface area contributed by atoms with E-state index >= 15 is 0 Å². The first kappa shape index (κ1) is 45.9. The number of fused-ring (bicyclic) bond motifs is 12. The molecule has 6 aromatic carbocycles. The number of hydrogen-bond donors (Lipinski definition) is 0. The Balaban J connectivity index is 0.985. The molecular formula is C60H39B3N18. The van der Waals surface area contributed by atoms with Gasteiger partial charge in [0, 0.05) is 52.0 Å². The molecule has 0 spiro atoms. The summed E-state index contributed by atoms with van der Waals surface area (Å²) in [4.78, 5) is 69.9. The van der Waals surface area contributed by atoms with E-state index in [1.807, 2.05) is 200 Å². The summed E-state index contributed by atoms with van der Waals surface area (Å²) in [6.07, 6.45) is 5.41. The molecule has 0 radical (unpaired) electrons. The molecule has 0 bridgehead atoms. The topological polar surface area (TPSA) is 174 Å². The molecule has 12 aromatic rings. The molecule has 4 aliphatic rings. The van der Waals surface area contributed by atoms with Crippen molar-refractivity contribution in [2.24, 2.45) is 0 Å². The van der Waals surface area contributed by atoms with E-state index in [-0.39, 0.29) is 0 Å². The van der Waals surface area contributed by atoms with Crippen molar-refractivity contribution in [2.45, 2.75) is 0 Å². The molecule has 0 atom stereocenters. The average Bonchev–Trinajstić information content (AvgIpc) is 4.39. The molecule has 0 aliphatic carbocycles. The standard InChI is InChI=1S/C60H39B3N18/c1-7-22-40(23-8-1)49-67-50(41-24-9-2-10-25-41)71-58(70-49)76-55-46(34-19-37-64-55)79-61(76)80-47-35-20-38-65-56(47)77(59-72-51(42-26-11-3-12-27-42)68-52(73-59)43-28-13-4-14-29-43)63(80)81-48-36-21-39-66-57(48)78(62(79)81)60-74-53(44-30-15-5-16-31-44)69-54(75-60)45-32-17-6-18-33-45/h1-39H. The van der Waals surface area contributed by atoms with Gasteiger partial charge in [0.1, 0.15) is 17.5 Å². The highest BCUT2D eigenvalue weighted by atomic mass is 15.6. The smallest absolute Gasteiger partial charge is 0.380 e. The van der Waals surface area contributed by atoms with Gasteiger partial charge in [0.25, 0.3) is 0 Å². The van der Waals surface area contributed by atoms with Crippen molar-refractivity contribution in [3.05, 3.63) is 237 Å². The molecule has 0 saturated carbocycles. The summed E-state index contributed by atoms with van der Waals surface area (Å²) >= 11 is 0. The minimum Gasteiger partial charge on any atom is -0.380 e. The van der Waals surface area contributed by atoms with Crippen LogP contribution in [0.4, 0.5) is 52.4 Å². The molecule has 4 aliphatic heterocycles. The fourth-order valence-corrected chi connectivity index (χ4v) is 11.2. The first-order valence-electron chi connectivity index (χ1n) is 26.4. The molecule has 10 heterocycles. The lowest BCUT2D eigenvalue weighted by Crippen LogP contribution is -2.84. The molecular weight excluding hydrogens is 1010 g/mol. The zero-order valence-electron chi connectivity index (χ0n) is 42.8. The van der Waals surface area contributed by atoms with Gasteiger partial charge >= 0.3 is 21.4 Å². The normalized spacial score (nSPS) is 13.7. The van der Waals surface area contributed by atoms with E-state index in [9.17, 15) is 0 Å². The Morgan fingerprint density at radius 3 is 0.642 bits per heavy atom. The van der Waals surface area contributed by atoms with Crippen LogP contribution in [-0.2, 0) is 0 Å². The first-order valence-corrected chi connectivity index (χ1v) is 26.4. The zero-order valence-corrected chi connectivity index (χ0v) is 42.8. The summed E-state index contributed by atoms with van der Waals surface area (Å²) in [6, 6.07) is 72.0. The van der Waals surface area contributed by atoms with Crippen LogP contribution >= 0.6 is 0 Å². The Kier molecular flexibility index (Phi) is 10.6. The van der Waals surface area contributed by atoms with Crippen molar-refractivity contribution in [1.82, 2.24) is 59.8 Å². The van der Waals surface area contributed by atoms with Crippen LogP contribution in [0.15, 0.2) is 237 Å². The number of anilines is 9. The van der Waals surface area contributed by atoms with Crippen LogP contribution in [0, 0.1) is 0 Å². The van der Waals surface area contributed by atoms with Gasteiger partial charge in [-0.25, -0.2) is 29.9 Å². The van der Waals surface area contributed by atoms with Gasteiger partial charge in [-0.1, -0.05) is 182 Å². The minimum atomic E-state index is -0.798. The van der Waals surface area contributed by atoms with Gasteiger partial charge in [-0.05, 0) is 36.4 Å². The van der Waals surface area contributed by atoms with E-state index in [1.54, 1.807) is 18.6 Å². The lowest BCUT2D eigenvalue weighted by Gasteiger charge is -2.50. The van der Waals surface area contributed by atoms with Crippen LogP contribution in [0.3, 0.4) is 0 Å². The van der Waals surface area contributed by atoms with E-state index in [0.29, 0.717) is 70.2 Å². The van der Waals surface area contributed by atoms with Gasteiger partial charge in [-0.15, -0.1) is 0 Å². The third-order valence-electron chi connectivity index (χ3n) is 14.7. The summed E-state index contributed by atoms with van der Waals surface area (Å²) < 4.78 is 6.96. The van der Waals surface area contributed by atoms with E-state index in [4.69, 9.17) is 59.8 Å². The maximum atomic E-state index is 5.41. The number of benzene rings is 6. The second kappa shape index (κ2) is 18.8. The average molecular weight is 1040 g/mol. The monoisotopic (exact) mass is 1040 g/mol. The van der Waals surface area contributed by atoms with Crippen molar-refractivity contribution in [2.75, 3.05) is 28.6 Å². The third kappa shape index (κ3) is 7.54. The highest BCUT2D eigenvalue weighted by Crippen LogP contribution is 2.56. The lowest BCUT2D eigenvalue weighted by atomic mass is 9.56. The second-order valence-corrected chi connectivity index (χ2v) is 19.5. The number of aromatic nitrogens is 12. The largest absolute Gasteiger partial charge is 0.493 e. The van der Waals surface area contributed by atoms with Crippen molar-refractivity contribution in [3.8, 4) is 68.3 Å². The molecule has 0 N–H and O–H groups in total. The SMILES string of the molecule is c1ccc(-c2nc(-c3ccccc3)nc(N3B4N(B5N(B6N4c4cccnc4N6c4nc(-c6ccccc6)nc(-c6ccccc6)n4)c4cccnc4N5c4nc(-c5ccccc5)nc(-c5ccccc5)n4)c4cccnc43)n2)cc1. The van der Waals surface area contributed by atoms with E-state index in [2.05, 4.69) is 46.8 Å². The van der Waals surface area contributed by atoms with E-state index in [0.717, 1.165) is 50.4 Å². The second-order valence-electron chi connectivity index (χ2n) is 19.5. The molecule has 81 heavy (non-hydrogen) atoms. The van der Waals surface area contributed by atoms with Crippen LogP contribution in [0.2, 0.25) is 0 Å². The van der Waals surface area contributed by atoms with Crippen molar-refractivity contribution in [3.63, 3.8) is 0 Å². The molecule has 6 aromatic heterocycles. The van der Waals surface area contributed by atoms with Crippen molar-refractivity contribution in [1.29, 1.82) is 0 Å². The zero-order chi connectivity index (χ0) is 53.4. The van der Waals surface area contributed by atoms with Crippen LogP contribution in [0.5, 0.6) is 0 Å². The summed E-state index contributed by atoms with van der Waals surface area (Å²) in [5, 5.41) is 0. The maximum absolute atomic E-state index is 5.41. The molecule has 1 saturated heterocycles. The third-order valence-corrected chi connectivity index (χ3v) is 14.7. The molecule has 21 heteroatoms. The Bertz CT molecular complexity index is 3710. The summed E-state index contributed by atoms with van der Waals surface area (Å²) in [7, 11) is -2.39. The molecule has 1 fully saturated rings. The number of pyridine rings is 3. The molecule has 0 amide bonds. The number of hydrogen-bond acceptors (Lipinski definition) is 18. The van der Waals surface area contributed by atoms with Crippen LogP contribution in [0.1, 0.15) is 0 Å². The van der Waals surface area contributed by atoms with Crippen molar-refractivity contribution >= 4 is 73.7 Å². The lowest BCUT2D eigenvalue weighted by molar-refractivity contribution is 1.02. The van der Waals surface area contributed by atoms with Crippen LogP contribution in [0.25, 0.3) is 68.3 Å². The Morgan fingerprint density at radius 2 is 0.432 bits per heavy atom. The Hall–Kier alpha value is -11.2. The quantitative estimate of drug-likeness (QED) is 0.125. The van der Waals surface area contributed by atoms with Gasteiger partial charge < -0.3 is 14.2 Å². The van der Waals surface area contributed by atoms with Crippen molar-refractivity contribution < 1.29 is 0 Å². The van der Waals surface area contributed by atoms with Gasteiger partial charge in [-0.2, -0.15) is 29.9 Å². The fraction of sp³-hybridized carbons (Fsp3) is 0. The molecule has 16 rings (SSSR count). The van der Waals surface area contributed by atoms with E-state index in [1.165, 1.54) is 0 Å². The first-order chi connectivity index (χ1) is 40.2. The highest BCUT2D eigenvalue weighted by molar-refractivity contribution is 7.11. The van der Waals surface area contributed by atoms with Gasteiger partial charge in [0.2, 0.25) is 17.8 Å². The Labute approximate surface area is 465 Å². The van der Waals surface area contributed by atoms with E-state index < -0.39 is 21.4 Å². The van der Waals surface area contributed by atoms with Crippen LogP contribution < -0.4 is 28.6 Å². The summed E-state index contributed by atoms with van der Waals surface area (Å²) in [5.41, 5.74) is 7.28. The van der Waals surface area contributed by atoms with Gasteiger partial charge in [0.15, 0.2) is 34.9 Å². The summed E-state index contributed by atoms with van der Waals surface area (Å²) in [6.45, 7) is 0. The predicted molar refractivity (Wildman–Crippen MR) is 316 cm³/mol. The fourth-order valence-electron chi connectivity index (χ4n) is 11.2.